The minimum Gasteiger partial charge on any atom is -0.364 e. The van der Waals surface area contributed by atoms with Crippen molar-refractivity contribution in [1.29, 1.82) is 0 Å². The molecule has 1 aromatic heterocycles. The number of hydrogen-bond acceptors (Lipinski definition) is 4. The predicted octanol–water partition coefficient (Wildman–Crippen LogP) is 2.45. The molecule has 0 aliphatic heterocycles. The van der Waals surface area contributed by atoms with Crippen LogP contribution in [-0.4, -0.2) is 16.5 Å². The highest BCUT2D eigenvalue weighted by Gasteiger charge is 2.12. The molecular weight excluding hydrogens is 194 g/mol. The first-order valence-electron chi connectivity index (χ1n) is 4.94. The maximum atomic E-state index is 10.6. The first-order chi connectivity index (χ1) is 7.11. The Kier molecular flexibility index (Phi) is 4.03. The molecule has 0 radical (unpaired) electrons. The predicted molar refractivity (Wildman–Crippen MR) is 58.8 cm³/mol. The average molecular weight is 209 g/mol. The van der Waals surface area contributed by atoms with Crippen LogP contribution in [0.4, 0.5) is 11.5 Å². The smallest absolute Gasteiger partial charge is 0.311 e. The van der Waals surface area contributed by atoms with Crippen molar-refractivity contribution in [2.45, 2.75) is 20.3 Å². The van der Waals surface area contributed by atoms with Crippen molar-refractivity contribution in [3.8, 4) is 0 Å². The van der Waals surface area contributed by atoms with E-state index in [2.05, 4.69) is 24.1 Å². The number of pyridine rings is 1. The lowest BCUT2D eigenvalue weighted by molar-refractivity contribution is -0.384. The highest BCUT2D eigenvalue weighted by Crippen LogP contribution is 2.20. The van der Waals surface area contributed by atoms with Gasteiger partial charge in [0.15, 0.2) is 0 Å². The van der Waals surface area contributed by atoms with E-state index in [0.29, 0.717) is 18.3 Å². The minimum absolute atomic E-state index is 0.0289. The first-order valence-corrected chi connectivity index (χ1v) is 4.94. The van der Waals surface area contributed by atoms with Gasteiger partial charge in [0, 0.05) is 18.8 Å². The van der Waals surface area contributed by atoms with Crippen LogP contribution < -0.4 is 5.32 Å². The molecule has 0 unspecified atom stereocenters. The summed E-state index contributed by atoms with van der Waals surface area (Å²) in [5, 5.41) is 13.6. The second-order valence-electron chi connectivity index (χ2n) is 3.74. The van der Waals surface area contributed by atoms with Gasteiger partial charge in [-0.2, -0.15) is 0 Å². The van der Waals surface area contributed by atoms with Gasteiger partial charge in [0.1, 0.15) is 0 Å². The molecule has 1 rings (SSSR count). The molecule has 82 valence electrons. The maximum absolute atomic E-state index is 10.6. The van der Waals surface area contributed by atoms with Gasteiger partial charge in [0.05, 0.1) is 4.92 Å². The fourth-order valence-corrected chi connectivity index (χ4v) is 1.16. The Morgan fingerprint density at radius 1 is 1.60 bits per heavy atom. The highest BCUT2D eigenvalue weighted by molar-refractivity contribution is 5.54. The molecule has 0 amide bonds. The normalized spacial score (nSPS) is 10.3. The number of rotatable bonds is 5. The molecule has 0 aliphatic rings. The number of hydrogen-bond donors (Lipinski definition) is 1. The molecule has 15 heavy (non-hydrogen) atoms. The Morgan fingerprint density at radius 2 is 2.33 bits per heavy atom. The van der Waals surface area contributed by atoms with Gasteiger partial charge in [-0.25, -0.2) is 4.98 Å². The Balaban J connectivity index is 2.63. The van der Waals surface area contributed by atoms with Crippen LogP contribution in [0, 0.1) is 16.0 Å². The Hall–Kier alpha value is -1.65. The molecule has 0 aromatic carbocycles. The van der Waals surface area contributed by atoms with Crippen LogP contribution >= 0.6 is 0 Å². The van der Waals surface area contributed by atoms with E-state index in [1.165, 1.54) is 6.07 Å². The summed E-state index contributed by atoms with van der Waals surface area (Å²) in [5.41, 5.74) is 0.0289. The summed E-state index contributed by atoms with van der Waals surface area (Å²) in [4.78, 5) is 14.2. The van der Waals surface area contributed by atoms with E-state index in [0.717, 1.165) is 6.42 Å². The van der Waals surface area contributed by atoms with Crippen LogP contribution in [0.25, 0.3) is 0 Å². The summed E-state index contributed by atoms with van der Waals surface area (Å²) in [7, 11) is 0. The highest BCUT2D eigenvalue weighted by atomic mass is 16.6. The van der Waals surface area contributed by atoms with Gasteiger partial charge >= 0.3 is 5.69 Å². The summed E-state index contributed by atoms with van der Waals surface area (Å²) >= 11 is 0. The number of aromatic nitrogens is 1. The van der Waals surface area contributed by atoms with Crippen molar-refractivity contribution in [1.82, 2.24) is 4.98 Å². The van der Waals surface area contributed by atoms with Crippen molar-refractivity contribution in [3.63, 3.8) is 0 Å². The number of nitrogens with one attached hydrogen (secondary N) is 1. The monoisotopic (exact) mass is 209 g/mol. The van der Waals surface area contributed by atoms with Gasteiger partial charge in [-0.1, -0.05) is 13.8 Å². The molecule has 1 aromatic rings. The van der Waals surface area contributed by atoms with E-state index in [9.17, 15) is 10.1 Å². The Bertz CT molecular complexity index is 339. The molecule has 0 spiro atoms. The Labute approximate surface area is 88.7 Å². The van der Waals surface area contributed by atoms with Crippen LogP contribution in [0.5, 0.6) is 0 Å². The summed E-state index contributed by atoms with van der Waals surface area (Å²) < 4.78 is 0. The van der Waals surface area contributed by atoms with Gasteiger partial charge in [-0.3, -0.25) is 10.1 Å². The third kappa shape index (κ3) is 3.53. The lowest BCUT2D eigenvalue weighted by atomic mass is 10.1. The van der Waals surface area contributed by atoms with Gasteiger partial charge in [0.2, 0.25) is 5.82 Å². The van der Waals surface area contributed by atoms with Crippen LogP contribution in [0.1, 0.15) is 20.3 Å². The lowest BCUT2D eigenvalue weighted by Crippen LogP contribution is -2.08. The zero-order chi connectivity index (χ0) is 11.3. The third-order valence-corrected chi connectivity index (χ3v) is 2.00. The molecule has 1 heterocycles. The second-order valence-corrected chi connectivity index (χ2v) is 3.74. The second kappa shape index (κ2) is 5.29. The van der Waals surface area contributed by atoms with Crippen LogP contribution in [-0.2, 0) is 0 Å². The van der Waals surface area contributed by atoms with Crippen LogP contribution in [0.3, 0.4) is 0 Å². The molecule has 0 aliphatic carbocycles. The average Bonchev–Trinajstić information content (AvgIpc) is 2.17. The number of nitrogens with zero attached hydrogens (tertiary/aromatic N) is 2. The summed E-state index contributed by atoms with van der Waals surface area (Å²) in [6.45, 7) is 4.92. The first kappa shape index (κ1) is 11.4. The van der Waals surface area contributed by atoms with Crippen molar-refractivity contribution in [2.75, 3.05) is 11.9 Å². The fraction of sp³-hybridized carbons (Fsp3) is 0.500. The van der Waals surface area contributed by atoms with Crippen molar-refractivity contribution < 1.29 is 4.92 Å². The van der Waals surface area contributed by atoms with Gasteiger partial charge in [0.25, 0.3) is 0 Å². The van der Waals surface area contributed by atoms with E-state index in [1.807, 2.05) is 0 Å². The number of nitro groups is 1. The third-order valence-electron chi connectivity index (χ3n) is 2.00. The van der Waals surface area contributed by atoms with Crippen molar-refractivity contribution in [3.05, 3.63) is 28.4 Å². The topological polar surface area (TPSA) is 68.1 Å². The standard InChI is InChI=1S/C10H15N3O2/c1-8(2)5-7-12-10-9(13(14)15)4-3-6-11-10/h3-4,6,8H,5,7H2,1-2H3,(H,11,12). The zero-order valence-electron chi connectivity index (χ0n) is 8.93. The van der Waals surface area contributed by atoms with Gasteiger partial charge in [-0.15, -0.1) is 0 Å². The molecule has 0 saturated heterocycles. The van der Waals surface area contributed by atoms with Crippen LogP contribution in [0.15, 0.2) is 18.3 Å². The molecule has 5 heteroatoms. The number of anilines is 1. The molecule has 0 fully saturated rings. The fourth-order valence-electron chi connectivity index (χ4n) is 1.16. The molecule has 0 atom stereocenters. The van der Waals surface area contributed by atoms with Crippen molar-refractivity contribution >= 4 is 11.5 Å². The molecule has 0 bridgehead atoms. The molecular formula is C10H15N3O2. The summed E-state index contributed by atoms with van der Waals surface area (Å²) in [6.07, 6.45) is 2.51. The minimum atomic E-state index is -0.426. The SMILES string of the molecule is CC(C)CCNc1ncccc1[N+](=O)[O-]. The summed E-state index contributed by atoms with van der Waals surface area (Å²) in [5.74, 6) is 0.920. The van der Waals surface area contributed by atoms with Gasteiger partial charge < -0.3 is 5.32 Å². The Morgan fingerprint density at radius 3 is 2.93 bits per heavy atom. The lowest BCUT2D eigenvalue weighted by Gasteiger charge is -2.07. The zero-order valence-corrected chi connectivity index (χ0v) is 8.93. The van der Waals surface area contributed by atoms with Crippen molar-refractivity contribution in [2.24, 2.45) is 5.92 Å². The summed E-state index contributed by atoms with van der Waals surface area (Å²) in [6, 6.07) is 3.01. The van der Waals surface area contributed by atoms with E-state index in [-0.39, 0.29) is 5.69 Å². The van der Waals surface area contributed by atoms with E-state index >= 15 is 0 Å². The van der Waals surface area contributed by atoms with E-state index in [1.54, 1.807) is 12.3 Å². The van der Waals surface area contributed by atoms with Crippen LogP contribution in [0.2, 0.25) is 0 Å². The maximum Gasteiger partial charge on any atom is 0.311 e. The molecule has 0 saturated carbocycles. The van der Waals surface area contributed by atoms with E-state index in [4.69, 9.17) is 0 Å². The van der Waals surface area contributed by atoms with E-state index < -0.39 is 4.92 Å². The molecule has 5 nitrogen and oxygen atoms in total. The van der Waals surface area contributed by atoms with Gasteiger partial charge in [-0.05, 0) is 18.4 Å². The quantitative estimate of drug-likeness (QED) is 0.597. The molecule has 1 N–H and O–H groups in total. The largest absolute Gasteiger partial charge is 0.364 e.